The molecule has 2 aliphatic heterocycles. The number of alkyl halides is 3. The number of β-lactam (4-membered cyclic amide) rings is 1. The molecule has 4 rings (SSSR count). The lowest BCUT2D eigenvalue weighted by Gasteiger charge is -2.35. The lowest BCUT2D eigenvalue weighted by atomic mass is 9.99. The van der Waals surface area contributed by atoms with Gasteiger partial charge in [0, 0.05) is 12.1 Å². The molecule has 2 aromatic carbocycles. The van der Waals surface area contributed by atoms with Crippen LogP contribution in [0.3, 0.4) is 0 Å². The molecule has 2 fully saturated rings. The molecule has 2 saturated heterocycles. The first kappa shape index (κ1) is 20.8. The summed E-state index contributed by atoms with van der Waals surface area (Å²) >= 11 is 0. The number of benzene rings is 2. The smallest absolute Gasteiger partial charge is 0.416 e. The number of fused-ring (bicyclic) bond motifs is 1. The molecule has 8 nitrogen and oxygen atoms in total. The van der Waals surface area contributed by atoms with Crippen LogP contribution in [0.15, 0.2) is 48.5 Å². The number of non-ortho nitro benzene ring substituents is 1. The highest BCUT2D eigenvalue weighted by atomic mass is 19.4. The number of rotatable bonds is 5. The number of halogens is 3. The highest BCUT2D eigenvalue weighted by molar-refractivity contribution is 5.90. The van der Waals surface area contributed by atoms with E-state index in [2.05, 4.69) is 0 Å². The Bertz CT molecular complexity index is 1020. The fourth-order valence-electron chi connectivity index (χ4n) is 3.55. The molecule has 1 amide bonds. The van der Waals surface area contributed by atoms with E-state index in [9.17, 15) is 32.9 Å². The first-order chi connectivity index (χ1) is 14.6. The van der Waals surface area contributed by atoms with Gasteiger partial charge in [0.1, 0.15) is 18.9 Å². The predicted molar refractivity (Wildman–Crippen MR) is 97.2 cm³/mol. The maximum Gasteiger partial charge on any atom is 0.416 e. The van der Waals surface area contributed by atoms with E-state index in [4.69, 9.17) is 9.47 Å². The second-order valence-corrected chi connectivity index (χ2v) is 7.11. The summed E-state index contributed by atoms with van der Waals surface area (Å²) < 4.78 is 49.5. The highest BCUT2D eigenvalue weighted by Gasteiger charge is 2.56. The average molecular weight is 436 g/mol. The number of esters is 1. The Morgan fingerprint density at radius 1 is 1.16 bits per heavy atom. The molecule has 2 heterocycles. The van der Waals surface area contributed by atoms with E-state index in [0.717, 1.165) is 12.1 Å². The molecule has 0 bridgehead atoms. The zero-order valence-corrected chi connectivity index (χ0v) is 15.7. The van der Waals surface area contributed by atoms with E-state index in [1.54, 1.807) is 0 Å². The number of nitrogens with zero attached hydrogens (tertiary/aromatic N) is 2. The number of hydrogen-bond donors (Lipinski definition) is 0. The molecule has 0 unspecified atom stereocenters. The molecule has 3 atom stereocenters. The van der Waals surface area contributed by atoms with Crippen molar-refractivity contribution in [1.82, 2.24) is 4.90 Å². The number of hydrogen-bond acceptors (Lipinski definition) is 6. The third kappa shape index (κ3) is 3.96. The van der Waals surface area contributed by atoms with Crippen molar-refractivity contribution in [3.05, 3.63) is 75.3 Å². The molecule has 2 aromatic rings. The van der Waals surface area contributed by atoms with Crippen molar-refractivity contribution in [2.45, 2.75) is 37.6 Å². The van der Waals surface area contributed by atoms with Gasteiger partial charge in [-0.15, -0.1) is 0 Å². The van der Waals surface area contributed by atoms with Crippen LogP contribution in [-0.2, 0) is 31.8 Å². The van der Waals surface area contributed by atoms with Crippen LogP contribution >= 0.6 is 0 Å². The Balaban J connectivity index is 1.50. The second kappa shape index (κ2) is 7.65. The van der Waals surface area contributed by atoms with Crippen LogP contribution in [0.2, 0.25) is 0 Å². The van der Waals surface area contributed by atoms with Crippen LogP contribution < -0.4 is 0 Å². The van der Waals surface area contributed by atoms with Crippen LogP contribution in [0.1, 0.15) is 29.2 Å². The molecule has 0 radical (unpaired) electrons. The summed E-state index contributed by atoms with van der Waals surface area (Å²) in [7, 11) is 0. The highest BCUT2D eigenvalue weighted by Crippen LogP contribution is 2.43. The number of ether oxygens (including phenoxy) is 2. The molecule has 0 spiro atoms. The number of carbonyl (C=O) groups excluding carboxylic acids is 2. The summed E-state index contributed by atoms with van der Waals surface area (Å²) in [4.78, 5) is 36.1. The molecule has 0 saturated carbocycles. The Kier molecular flexibility index (Phi) is 5.13. The zero-order valence-electron chi connectivity index (χ0n) is 15.7. The molecule has 162 valence electrons. The van der Waals surface area contributed by atoms with Gasteiger partial charge in [-0.05, 0) is 35.4 Å². The van der Waals surface area contributed by atoms with Crippen LogP contribution in [0, 0.1) is 10.1 Å². The molecule has 11 heteroatoms. The maximum absolute atomic E-state index is 12.8. The largest absolute Gasteiger partial charge is 0.459 e. The Morgan fingerprint density at radius 3 is 2.35 bits per heavy atom. The van der Waals surface area contributed by atoms with E-state index >= 15 is 0 Å². The summed E-state index contributed by atoms with van der Waals surface area (Å²) in [6.45, 7) is -0.195. The van der Waals surface area contributed by atoms with Crippen molar-refractivity contribution in [1.29, 1.82) is 0 Å². The van der Waals surface area contributed by atoms with Crippen molar-refractivity contribution in [2.24, 2.45) is 0 Å². The predicted octanol–water partition coefficient (Wildman–Crippen LogP) is 3.36. The summed E-state index contributed by atoms with van der Waals surface area (Å²) in [6.07, 6.45) is -6.04. The zero-order chi connectivity index (χ0) is 22.3. The van der Waals surface area contributed by atoms with Gasteiger partial charge in [0.25, 0.3) is 5.69 Å². The quantitative estimate of drug-likeness (QED) is 0.309. The number of carbonyl (C=O) groups is 2. The number of nitro groups is 1. The first-order valence-corrected chi connectivity index (χ1v) is 9.19. The second-order valence-electron chi connectivity index (χ2n) is 7.11. The van der Waals surface area contributed by atoms with Gasteiger partial charge in [-0.1, -0.05) is 12.1 Å². The van der Waals surface area contributed by atoms with Gasteiger partial charge < -0.3 is 9.47 Å². The molecule has 0 aromatic heterocycles. The molecule has 0 N–H and O–H groups in total. The minimum Gasteiger partial charge on any atom is -0.459 e. The lowest BCUT2D eigenvalue weighted by Crippen LogP contribution is -2.55. The van der Waals surface area contributed by atoms with E-state index in [1.165, 1.54) is 41.3 Å². The SMILES string of the molecule is O=C(OCc1ccc([N+](=O)[O-])cc1)[C@H]1[C@@H](c2ccc(C(F)(F)F)cc2)O[C@@H]2CC(=O)N21. The van der Waals surface area contributed by atoms with Crippen molar-refractivity contribution < 1.29 is 37.2 Å². The van der Waals surface area contributed by atoms with E-state index in [1.807, 2.05) is 0 Å². The van der Waals surface area contributed by atoms with E-state index in [-0.39, 0.29) is 24.6 Å². The molecule has 2 aliphatic rings. The first-order valence-electron chi connectivity index (χ1n) is 9.19. The number of amides is 1. The number of nitro benzene ring substituents is 1. The van der Waals surface area contributed by atoms with E-state index in [0.29, 0.717) is 11.1 Å². The minimum absolute atomic E-state index is 0.0727. The summed E-state index contributed by atoms with van der Waals surface area (Å²) in [5, 5.41) is 10.7. The molecule has 0 aliphatic carbocycles. The molecule has 31 heavy (non-hydrogen) atoms. The fourth-order valence-corrected chi connectivity index (χ4v) is 3.55. The molecular formula is C20H15F3N2O6. The Labute approximate surface area is 173 Å². The van der Waals surface area contributed by atoms with Crippen molar-refractivity contribution >= 4 is 17.6 Å². The third-order valence-corrected chi connectivity index (χ3v) is 5.17. The maximum atomic E-state index is 12.8. The van der Waals surface area contributed by atoms with Crippen LogP contribution in [0.5, 0.6) is 0 Å². The van der Waals surface area contributed by atoms with Crippen molar-refractivity contribution in [3.63, 3.8) is 0 Å². The lowest BCUT2D eigenvalue weighted by molar-refractivity contribution is -0.384. The van der Waals surface area contributed by atoms with E-state index < -0.39 is 41.0 Å². The topological polar surface area (TPSA) is 99.0 Å². The average Bonchev–Trinajstić information content (AvgIpc) is 3.04. The van der Waals surface area contributed by atoms with Gasteiger partial charge in [0.15, 0.2) is 6.04 Å². The molecular weight excluding hydrogens is 421 g/mol. The summed E-state index contributed by atoms with van der Waals surface area (Å²) in [5.74, 6) is -1.10. The van der Waals surface area contributed by atoms with Crippen molar-refractivity contribution in [2.75, 3.05) is 0 Å². The fraction of sp³-hybridized carbons (Fsp3) is 0.300. The van der Waals surface area contributed by atoms with Crippen LogP contribution in [-0.4, -0.2) is 34.0 Å². The van der Waals surface area contributed by atoms with Gasteiger partial charge in [0.2, 0.25) is 5.91 Å². The van der Waals surface area contributed by atoms with Gasteiger partial charge >= 0.3 is 12.1 Å². The third-order valence-electron chi connectivity index (χ3n) is 5.17. The Morgan fingerprint density at radius 2 is 1.81 bits per heavy atom. The van der Waals surface area contributed by atoms with Gasteiger partial charge in [-0.25, -0.2) is 4.79 Å². The van der Waals surface area contributed by atoms with Gasteiger partial charge in [-0.2, -0.15) is 13.2 Å². The normalized spacial score (nSPS) is 22.6. The standard InChI is InChI=1S/C20H15F3N2O6/c21-20(22,23)13-5-3-12(4-6-13)18-17(24-15(26)9-16(24)31-18)19(27)30-10-11-1-7-14(8-2-11)25(28)29/h1-8,16-18H,9-10H2/t16-,17-,18-/m1/s1. The Hall–Kier alpha value is -3.47. The van der Waals surface area contributed by atoms with Gasteiger partial charge in [-0.3, -0.25) is 19.8 Å². The summed E-state index contributed by atoms with van der Waals surface area (Å²) in [6, 6.07) is 8.44. The minimum atomic E-state index is -4.50. The summed E-state index contributed by atoms with van der Waals surface area (Å²) in [5.41, 5.74) is -0.149. The van der Waals surface area contributed by atoms with Crippen molar-refractivity contribution in [3.8, 4) is 0 Å². The monoisotopic (exact) mass is 436 g/mol. The van der Waals surface area contributed by atoms with Crippen LogP contribution in [0.25, 0.3) is 0 Å². The van der Waals surface area contributed by atoms with Crippen LogP contribution in [0.4, 0.5) is 18.9 Å². The van der Waals surface area contributed by atoms with Gasteiger partial charge in [0.05, 0.1) is 16.9 Å².